The molecule has 1 aliphatic carbocycles. The van der Waals surface area contributed by atoms with E-state index in [0.29, 0.717) is 0 Å². The summed E-state index contributed by atoms with van der Waals surface area (Å²) in [6.07, 6.45) is 2.66. The van der Waals surface area contributed by atoms with E-state index in [1.54, 1.807) is 0 Å². The van der Waals surface area contributed by atoms with E-state index in [1.165, 1.54) is 12.8 Å². The van der Waals surface area contributed by atoms with Crippen molar-refractivity contribution in [2.24, 2.45) is 0 Å². The van der Waals surface area contributed by atoms with E-state index in [-0.39, 0.29) is 0 Å². The lowest BCUT2D eigenvalue weighted by Gasteiger charge is -2.16. The van der Waals surface area contributed by atoms with Crippen molar-refractivity contribution in [3.05, 3.63) is 23.9 Å². The first kappa shape index (κ1) is 10.4. The molecule has 1 N–H and O–H groups in total. The van der Waals surface area contributed by atoms with Crippen LogP contribution in [0.4, 0.5) is 5.82 Å². The SMILES string of the molecule is CCN(C)c1cccc(CNC2CC2)n1. The highest BCUT2D eigenvalue weighted by Crippen LogP contribution is 2.19. The van der Waals surface area contributed by atoms with Crippen molar-refractivity contribution in [3.63, 3.8) is 0 Å². The molecule has 1 aliphatic rings. The molecule has 0 aromatic carbocycles. The van der Waals surface area contributed by atoms with Gasteiger partial charge in [-0.1, -0.05) is 6.07 Å². The summed E-state index contributed by atoms with van der Waals surface area (Å²) in [6.45, 7) is 4.03. The van der Waals surface area contributed by atoms with Gasteiger partial charge in [0.15, 0.2) is 0 Å². The molecule has 3 heteroatoms. The van der Waals surface area contributed by atoms with Gasteiger partial charge in [-0.25, -0.2) is 4.98 Å². The Morgan fingerprint density at radius 2 is 2.27 bits per heavy atom. The van der Waals surface area contributed by atoms with Gasteiger partial charge in [0.05, 0.1) is 5.69 Å². The maximum Gasteiger partial charge on any atom is 0.128 e. The standard InChI is InChI=1S/C12H19N3/c1-3-15(2)12-6-4-5-11(14-12)9-13-10-7-8-10/h4-6,10,13H,3,7-9H2,1-2H3. The summed E-state index contributed by atoms with van der Waals surface area (Å²) in [6, 6.07) is 6.98. The molecule has 0 saturated heterocycles. The van der Waals surface area contributed by atoms with Crippen molar-refractivity contribution in [2.75, 3.05) is 18.5 Å². The molecule has 0 unspecified atom stereocenters. The Balaban J connectivity index is 1.97. The van der Waals surface area contributed by atoms with Crippen molar-refractivity contribution < 1.29 is 0 Å². The molecule has 3 nitrogen and oxygen atoms in total. The Labute approximate surface area is 91.5 Å². The smallest absolute Gasteiger partial charge is 0.128 e. The summed E-state index contributed by atoms with van der Waals surface area (Å²) in [5.41, 5.74) is 1.14. The van der Waals surface area contributed by atoms with Gasteiger partial charge < -0.3 is 10.2 Å². The highest BCUT2D eigenvalue weighted by atomic mass is 15.2. The maximum absolute atomic E-state index is 4.61. The maximum atomic E-state index is 4.61. The Hall–Kier alpha value is -1.09. The summed E-state index contributed by atoms with van der Waals surface area (Å²) in [7, 11) is 2.07. The van der Waals surface area contributed by atoms with E-state index in [9.17, 15) is 0 Å². The molecule has 1 heterocycles. The third kappa shape index (κ3) is 2.93. The minimum Gasteiger partial charge on any atom is -0.360 e. The summed E-state index contributed by atoms with van der Waals surface area (Å²) in [5.74, 6) is 1.06. The van der Waals surface area contributed by atoms with Crippen LogP contribution in [-0.4, -0.2) is 24.6 Å². The number of rotatable bonds is 5. The summed E-state index contributed by atoms with van der Waals surface area (Å²) in [4.78, 5) is 6.76. The first-order chi connectivity index (χ1) is 7.29. The van der Waals surface area contributed by atoms with E-state index >= 15 is 0 Å². The van der Waals surface area contributed by atoms with Crippen molar-refractivity contribution in [1.29, 1.82) is 0 Å². The molecule has 15 heavy (non-hydrogen) atoms. The molecule has 82 valence electrons. The molecule has 0 amide bonds. The number of nitrogens with one attached hydrogen (secondary N) is 1. The van der Waals surface area contributed by atoms with Gasteiger partial charge in [-0.05, 0) is 31.9 Å². The normalized spacial score (nSPS) is 15.3. The molecule has 1 aromatic rings. The lowest BCUT2D eigenvalue weighted by molar-refractivity contribution is 0.673. The van der Waals surface area contributed by atoms with Crippen molar-refractivity contribution in [1.82, 2.24) is 10.3 Å². The molecule has 1 fully saturated rings. The van der Waals surface area contributed by atoms with E-state index in [2.05, 4.69) is 47.4 Å². The van der Waals surface area contributed by atoms with Crippen LogP contribution in [0.15, 0.2) is 18.2 Å². The number of hydrogen-bond acceptors (Lipinski definition) is 3. The summed E-state index contributed by atoms with van der Waals surface area (Å²) < 4.78 is 0. The average molecular weight is 205 g/mol. The fourth-order valence-electron chi connectivity index (χ4n) is 1.48. The van der Waals surface area contributed by atoms with Crippen LogP contribution in [0.3, 0.4) is 0 Å². The molecule has 0 atom stereocenters. The van der Waals surface area contributed by atoms with Gasteiger partial charge in [-0.3, -0.25) is 0 Å². The third-order valence-corrected chi connectivity index (χ3v) is 2.81. The summed E-state index contributed by atoms with van der Waals surface area (Å²) in [5, 5.41) is 3.48. The minimum absolute atomic E-state index is 0.749. The second-order valence-electron chi connectivity index (χ2n) is 4.16. The van der Waals surface area contributed by atoms with Gasteiger partial charge in [-0.2, -0.15) is 0 Å². The highest BCUT2D eigenvalue weighted by molar-refractivity contribution is 5.37. The van der Waals surface area contributed by atoms with Gasteiger partial charge in [0, 0.05) is 26.2 Å². The van der Waals surface area contributed by atoms with Crippen molar-refractivity contribution in [2.45, 2.75) is 32.4 Å². The zero-order valence-electron chi connectivity index (χ0n) is 9.53. The summed E-state index contributed by atoms with van der Waals surface area (Å²) >= 11 is 0. The molecule has 2 rings (SSSR count). The van der Waals surface area contributed by atoms with Crippen LogP contribution >= 0.6 is 0 Å². The van der Waals surface area contributed by atoms with Gasteiger partial charge in [0.2, 0.25) is 0 Å². The number of pyridine rings is 1. The number of anilines is 1. The van der Waals surface area contributed by atoms with E-state index in [0.717, 1.165) is 30.6 Å². The Morgan fingerprint density at radius 3 is 2.93 bits per heavy atom. The van der Waals surface area contributed by atoms with Crippen LogP contribution in [0, 0.1) is 0 Å². The van der Waals surface area contributed by atoms with Crippen LogP contribution in [0.5, 0.6) is 0 Å². The number of hydrogen-bond donors (Lipinski definition) is 1. The average Bonchev–Trinajstić information content (AvgIpc) is 3.09. The van der Waals surface area contributed by atoms with Crippen LogP contribution in [0.2, 0.25) is 0 Å². The molecular weight excluding hydrogens is 186 g/mol. The monoisotopic (exact) mass is 205 g/mol. The highest BCUT2D eigenvalue weighted by Gasteiger charge is 2.20. The Bertz CT molecular complexity index is 320. The number of aromatic nitrogens is 1. The van der Waals surface area contributed by atoms with E-state index in [1.807, 2.05) is 0 Å². The molecule has 0 aliphatic heterocycles. The lowest BCUT2D eigenvalue weighted by atomic mass is 10.3. The minimum atomic E-state index is 0.749. The van der Waals surface area contributed by atoms with Crippen LogP contribution in [0.1, 0.15) is 25.5 Å². The first-order valence-corrected chi connectivity index (χ1v) is 5.70. The zero-order chi connectivity index (χ0) is 10.7. The lowest BCUT2D eigenvalue weighted by Crippen LogP contribution is -2.20. The van der Waals surface area contributed by atoms with Crippen molar-refractivity contribution in [3.8, 4) is 0 Å². The van der Waals surface area contributed by atoms with E-state index in [4.69, 9.17) is 0 Å². The van der Waals surface area contributed by atoms with Crippen molar-refractivity contribution >= 4 is 5.82 Å². The van der Waals surface area contributed by atoms with Gasteiger partial charge in [-0.15, -0.1) is 0 Å². The van der Waals surface area contributed by atoms with Gasteiger partial charge in [0.25, 0.3) is 0 Å². The molecule has 0 radical (unpaired) electrons. The fraction of sp³-hybridized carbons (Fsp3) is 0.583. The van der Waals surface area contributed by atoms with E-state index < -0.39 is 0 Å². The molecular formula is C12H19N3. The quantitative estimate of drug-likeness (QED) is 0.794. The van der Waals surface area contributed by atoms with Crippen LogP contribution in [-0.2, 0) is 6.54 Å². The van der Waals surface area contributed by atoms with Crippen LogP contribution < -0.4 is 10.2 Å². The van der Waals surface area contributed by atoms with Gasteiger partial charge >= 0.3 is 0 Å². The largest absolute Gasteiger partial charge is 0.360 e. The Morgan fingerprint density at radius 1 is 1.47 bits per heavy atom. The zero-order valence-corrected chi connectivity index (χ0v) is 9.53. The van der Waals surface area contributed by atoms with Gasteiger partial charge in [0.1, 0.15) is 5.82 Å². The second-order valence-corrected chi connectivity index (χ2v) is 4.16. The molecule has 1 saturated carbocycles. The van der Waals surface area contributed by atoms with Crippen LogP contribution in [0.25, 0.3) is 0 Å². The predicted octanol–water partition coefficient (Wildman–Crippen LogP) is 1.79. The Kier molecular flexibility index (Phi) is 3.21. The third-order valence-electron chi connectivity index (χ3n) is 2.81. The fourth-order valence-corrected chi connectivity index (χ4v) is 1.48. The first-order valence-electron chi connectivity index (χ1n) is 5.70. The molecule has 0 spiro atoms. The second kappa shape index (κ2) is 4.62. The molecule has 0 bridgehead atoms. The number of nitrogens with zero attached hydrogens (tertiary/aromatic N) is 2. The molecule has 1 aromatic heterocycles. The predicted molar refractivity (Wildman–Crippen MR) is 63.0 cm³/mol. The topological polar surface area (TPSA) is 28.2 Å².